The lowest BCUT2D eigenvalue weighted by molar-refractivity contribution is -0.274. The van der Waals surface area contributed by atoms with Gasteiger partial charge in [-0.25, -0.2) is 4.98 Å². The van der Waals surface area contributed by atoms with Crippen molar-refractivity contribution in [3.8, 4) is 17.0 Å². The summed E-state index contributed by atoms with van der Waals surface area (Å²) in [6.07, 6.45) is -4.68. The Kier molecular flexibility index (Phi) is 3.26. The molecule has 0 aliphatic heterocycles. The molecule has 0 atom stereocenters. The maximum absolute atomic E-state index is 11.9. The number of alkyl halides is 3. The predicted molar refractivity (Wildman–Crippen MR) is 59.2 cm³/mol. The zero-order valence-corrected chi connectivity index (χ0v) is 9.73. The van der Waals surface area contributed by atoms with E-state index in [-0.39, 0.29) is 5.75 Å². The molecule has 0 saturated heterocycles. The summed E-state index contributed by atoms with van der Waals surface area (Å²) in [6.45, 7) is 0. The van der Waals surface area contributed by atoms with Crippen LogP contribution in [-0.2, 0) is 0 Å². The van der Waals surface area contributed by atoms with Crippen LogP contribution in [0.2, 0.25) is 4.47 Å². The summed E-state index contributed by atoms with van der Waals surface area (Å²) < 4.78 is 39.9. The van der Waals surface area contributed by atoms with Crippen molar-refractivity contribution in [2.75, 3.05) is 0 Å². The number of ether oxygens (including phenoxy) is 1. The number of hydrogen-bond acceptors (Lipinski definition) is 3. The van der Waals surface area contributed by atoms with Crippen molar-refractivity contribution in [3.63, 3.8) is 0 Å². The van der Waals surface area contributed by atoms with Crippen molar-refractivity contribution >= 4 is 22.9 Å². The van der Waals surface area contributed by atoms with E-state index in [1.54, 1.807) is 5.38 Å². The van der Waals surface area contributed by atoms with Crippen LogP contribution >= 0.6 is 22.9 Å². The molecule has 2 nitrogen and oxygen atoms in total. The highest BCUT2D eigenvalue weighted by molar-refractivity contribution is 7.14. The van der Waals surface area contributed by atoms with Crippen LogP contribution in [-0.4, -0.2) is 11.3 Å². The first kappa shape index (κ1) is 12.2. The maximum atomic E-state index is 11.9. The zero-order chi connectivity index (χ0) is 12.5. The van der Waals surface area contributed by atoms with Gasteiger partial charge in [0.15, 0.2) is 4.47 Å². The average Bonchev–Trinajstić information content (AvgIpc) is 2.63. The number of thiazole rings is 1. The third-order valence-corrected chi connectivity index (χ3v) is 2.84. The van der Waals surface area contributed by atoms with Gasteiger partial charge in [0.1, 0.15) is 5.75 Å². The summed E-state index contributed by atoms with van der Waals surface area (Å²) in [5.74, 6) is -0.262. The smallest absolute Gasteiger partial charge is 0.406 e. The number of hydrogen-bond donors (Lipinski definition) is 0. The molecule has 0 aliphatic rings. The summed E-state index contributed by atoms with van der Waals surface area (Å²) >= 11 is 6.92. The van der Waals surface area contributed by atoms with E-state index in [0.29, 0.717) is 15.7 Å². The van der Waals surface area contributed by atoms with Gasteiger partial charge in [0.2, 0.25) is 0 Å². The van der Waals surface area contributed by atoms with E-state index in [1.807, 2.05) is 0 Å². The molecule has 0 radical (unpaired) electrons. The first-order valence-corrected chi connectivity index (χ1v) is 5.67. The molecule has 0 aliphatic carbocycles. The Hall–Kier alpha value is -1.27. The Morgan fingerprint density at radius 3 is 2.29 bits per heavy atom. The van der Waals surface area contributed by atoms with Crippen molar-refractivity contribution in [1.29, 1.82) is 0 Å². The van der Waals surface area contributed by atoms with Gasteiger partial charge in [-0.05, 0) is 24.3 Å². The topological polar surface area (TPSA) is 22.1 Å². The summed E-state index contributed by atoms with van der Waals surface area (Å²) in [6, 6.07) is 5.45. The monoisotopic (exact) mass is 279 g/mol. The summed E-state index contributed by atoms with van der Waals surface area (Å²) in [5.41, 5.74) is 1.31. The molecule has 0 saturated carbocycles. The third-order valence-electron chi connectivity index (χ3n) is 1.86. The van der Waals surface area contributed by atoms with Crippen molar-refractivity contribution < 1.29 is 17.9 Å². The lowest BCUT2D eigenvalue weighted by atomic mass is 10.2. The Morgan fingerprint density at radius 2 is 1.82 bits per heavy atom. The molecule has 7 heteroatoms. The first-order chi connectivity index (χ1) is 7.94. The second kappa shape index (κ2) is 4.54. The Bertz CT molecular complexity index is 509. The fraction of sp³-hybridized carbons (Fsp3) is 0.100. The highest BCUT2D eigenvalue weighted by Gasteiger charge is 2.30. The van der Waals surface area contributed by atoms with E-state index in [2.05, 4.69) is 9.72 Å². The van der Waals surface area contributed by atoms with E-state index >= 15 is 0 Å². The van der Waals surface area contributed by atoms with Crippen LogP contribution in [0.15, 0.2) is 29.6 Å². The molecule has 2 rings (SSSR count). The minimum absolute atomic E-state index is 0.262. The molecule has 1 aromatic carbocycles. The minimum Gasteiger partial charge on any atom is -0.406 e. The Balaban J connectivity index is 2.19. The van der Waals surface area contributed by atoms with Crippen molar-refractivity contribution in [2.45, 2.75) is 6.36 Å². The van der Waals surface area contributed by atoms with Crippen molar-refractivity contribution in [2.24, 2.45) is 0 Å². The second-order valence-electron chi connectivity index (χ2n) is 3.06. The average molecular weight is 280 g/mol. The van der Waals surface area contributed by atoms with Gasteiger partial charge in [0.05, 0.1) is 5.69 Å². The number of rotatable bonds is 2. The largest absolute Gasteiger partial charge is 0.573 e. The van der Waals surface area contributed by atoms with Crippen molar-refractivity contribution in [3.05, 3.63) is 34.1 Å². The van der Waals surface area contributed by atoms with Gasteiger partial charge in [-0.2, -0.15) is 0 Å². The summed E-state index contributed by atoms with van der Waals surface area (Å²) in [5, 5.41) is 1.72. The normalized spacial score (nSPS) is 11.5. The number of nitrogens with zero attached hydrogens (tertiary/aromatic N) is 1. The summed E-state index contributed by atoms with van der Waals surface area (Å²) in [4.78, 5) is 4.01. The Labute approximate surface area is 104 Å². The van der Waals surface area contributed by atoms with Crippen LogP contribution < -0.4 is 4.74 Å². The zero-order valence-electron chi connectivity index (χ0n) is 8.16. The van der Waals surface area contributed by atoms with Crippen LogP contribution in [0.1, 0.15) is 0 Å². The lowest BCUT2D eigenvalue weighted by Crippen LogP contribution is -2.16. The maximum Gasteiger partial charge on any atom is 0.573 e. The molecule has 0 amide bonds. The van der Waals surface area contributed by atoms with Crippen LogP contribution in [0.3, 0.4) is 0 Å². The van der Waals surface area contributed by atoms with Crippen LogP contribution in [0.5, 0.6) is 5.75 Å². The molecule has 17 heavy (non-hydrogen) atoms. The van der Waals surface area contributed by atoms with Gasteiger partial charge in [-0.3, -0.25) is 0 Å². The van der Waals surface area contributed by atoms with Crippen LogP contribution in [0.25, 0.3) is 11.3 Å². The minimum atomic E-state index is -4.68. The van der Waals surface area contributed by atoms with Gasteiger partial charge in [0, 0.05) is 10.9 Å². The van der Waals surface area contributed by atoms with Crippen molar-refractivity contribution in [1.82, 2.24) is 4.98 Å². The molecule has 2 aromatic rings. The van der Waals surface area contributed by atoms with Gasteiger partial charge in [-0.1, -0.05) is 11.6 Å². The number of aromatic nitrogens is 1. The highest BCUT2D eigenvalue weighted by atomic mass is 35.5. The van der Waals surface area contributed by atoms with Gasteiger partial charge in [-0.15, -0.1) is 24.5 Å². The molecular formula is C10H5ClF3NOS. The van der Waals surface area contributed by atoms with E-state index in [0.717, 1.165) is 0 Å². The molecule has 90 valence electrons. The first-order valence-electron chi connectivity index (χ1n) is 4.41. The predicted octanol–water partition coefficient (Wildman–Crippen LogP) is 4.36. The third kappa shape index (κ3) is 3.34. The standard InChI is InChI=1S/C10H5ClF3NOS/c11-9-15-8(5-17-9)6-1-3-7(4-2-6)16-10(12,13)14/h1-5H. The SMILES string of the molecule is FC(F)(F)Oc1ccc(-c2csc(Cl)n2)cc1. The number of benzene rings is 1. The highest BCUT2D eigenvalue weighted by Crippen LogP contribution is 2.28. The molecule has 0 N–H and O–H groups in total. The molecule has 0 bridgehead atoms. The molecule has 0 fully saturated rings. The van der Waals surface area contributed by atoms with Crippen LogP contribution in [0, 0.1) is 0 Å². The number of halogens is 4. The second-order valence-corrected chi connectivity index (χ2v) is 4.50. The molecule has 1 aromatic heterocycles. The lowest BCUT2D eigenvalue weighted by Gasteiger charge is -2.08. The summed E-state index contributed by atoms with van der Waals surface area (Å²) in [7, 11) is 0. The molecule has 0 spiro atoms. The van der Waals surface area contributed by atoms with Crippen LogP contribution in [0.4, 0.5) is 13.2 Å². The van der Waals surface area contributed by atoms with Gasteiger partial charge in [0.25, 0.3) is 0 Å². The molecule has 0 unspecified atom stereocenters. The van der Waals surface area contributed by atoms with Gasteiger partial charge < -0.3 is 4.74 Å². The molecule has 1 heterocycles. The molecular weight excluding hydrogens is 275 g/mol. The van der Waals surface area contributed by atoms with E-state index in [9.17, 15) is 13.2 Å². The van der Waals surface area contributed by atoms with Gasteiger partial charge >= 0.3 is 6.36 Å². The quantitative estimate of drug-likeness (QED) is 0.815. The fourth-order valence-corrected chi connectivity index (χ4v) is 1.99. The van der Waals surface area contributed by atoms with E-state index < -0.39 is 6.36 Å². The Morgan fingerprint density at radius 1 is 1.18 bits per heavy atom. The van der Waals surface area contributed by atoms with E-state index in [4.69, 9.17) is 11.6 Å². The fourth-order valence-electron chi connectivity index (χ4n) is 1.21. The van der Waals surface area contributed by atoms with E-state index in [1.165, 1.54) is 35.6 Å².